The van der Waals surface area contributed by atoms with Crippen LogP contribution >= 0.6 is 11.8 Å². The number of aromatic nitrogens is 3. The molecule has 5 nitrogen and oxygen atoms in total. The van der Waals surface area contributed by atoms with Crippen LogP contribution in [0.2, 0.25) is 0 Å². The van der Waals surface area contributed by atoms with Crippen molar-refractivity contribution in [1.82, 2.24) is 14.8 Å². The van der Waals surface area contributed by atoms with E-state index >= 15 is 0 Å². The topological polar surface area (TPSA) is 59.8 Å². The van der Waals surface area contributed by atoms with Crippen molar-refractivity contribution in [3.8, 4) is 11.4 Å². The van der Waals surface area contributed by atoms with Crippen molar-refractivity contribution >= 4 is 23.4 Å². The Morgan fingerprint density at radius 2 is 1.67 bits per heavy atom. The fourth-order valence-corrected chi connectivity index (χ4v) is 3.48. The third-order valence-electron chi connectivity index (χ3n) is 4.36. The highest BCUT2D eigenvalue weighted by atomic mass is 32.2. The molecule has 0 aliphatic carbocycles. The normalized spacial score (nSPS) is 12.2. The molecular weight excluding hydrogens is 356 g/mol. The number of thioether (sulfide) groups is 1. The van der Waals surface area contributed by atoms with Gasteiger partial charge in [-0.05, 0) is 30.5 Å². The Morgan fingerprint density at radius 1 is 1.00 bits per heavy atom. The zero-order valence-corrected chi connectivity index (χ0v) is 16.8. The highest BCUT2D eigenvalue weighted by molar-refractivity contribution is 8.00. The van der Waals surface area contributed by atoms with Crippen molar-refractivity contribution in [1.29, 1.82) is 0 Å². The SMILES string of the molecule is CC(C)c1ccc(NC(=O)[C@H](C)Sc2nnc(-c3ccccc3)n2C)cc1. The maximum atomic E-state index is 12.5. The van der Waals surface area contributed by atoms with E-state index in [-0.39, 0.29) is 11.2 Å². The molecule has 0 radical (unpaired) electrons. The quantitative estimate of drug-likeness (QED) is 0.628. The van der Waals surface area contributed by atoms with Gasteiger partial charge in [-0.15, -0.1) is 10.2 Å². The minimum absolute atomic E-state index is 0.0541. The van der Waals surface area contributed by atoms with Crippen LogP contribution in [0.15, 0.2) is 59.8 Å². The zero-order valence-electron chi connectivity index (χ0n) is 16.0. The van der Waals surface area contributed by atoms with E-state index in [4.69, 9.17) is 0 Å². The third kappa shape index (κ3) is 4.57. The number of hydrogen-bond donors (Lipinski definition) is 1. The molecule has 1 N–H and O–H groups in total. The lowest BCUT2D eigenvalue weighted by Crippen LogP contribution is -2.22. The molecule has 1 amide bonds. The number of nitrogens with zero attached hydrogens (tertiary/aromatic N) is 3. The molecule has 2 aromatic carbocycles. The minimum atomic E-state index is -0.290. The van der Waals surface area contributed by atoms with Crippen molar-refractivity contribution < 1.29 is 4.79 Å². The Labute approximate surface area is 164 Å². The van der Waals surface area contributed by atoms with E-state index < -0.39 is 0 Å². The molecule has 27 heavy (non-hydrogen) atoms. The van der Waals surface area contributed by atoms with Gasteiger partial charge in [-0.25, -0.2) is 0 Å². The first-order chi connectivity index (χ1) is 13.0. The molecule has 0 spiro atoms. The van der Waals surface area contributed by atoms with Gasteiger partial charge in [0.25, 0.3) is 0 Å². The van der Waals surface area contributed by atoms with E-state index in [0.717, 1.165) is 17.1 Å². The summed E-state index contributed by atoms with van der Waals surface area (Å²) in [5.74, 6) is 1.20. The summed E-state index contributed by atoms with van der Waals surface area (Å²) >= 11 is 1.40. The molecule has 0 fully saturated rings. The average molecular weight is 381 g/mol. The van der Waals surface area contributed by atoms with Crippen LogP contribution in [0.1, 0.15) is 32.3 Å². The molecule has 0 unspecified atom stereocenters. The second-order valence-electron chi connectivity index (χ2n) is 6.76. The Morgan fingerprint density at radius 3 is 2.30 bits per heavy atom. The van der Waals surface area contributed by atoms with Gasteiger partial charge < -0.3 is 9.88 Å². The third-order valence-corrected chi connectivity index (χ3v) is 5.50. The molecule has 1 heterocycles. The first kappa shape index (κ1) is 19.2. The minimum Gasteiger partial charge on any atom is -0.325 e. The van der Waals surface area contributed by atoms with E-state index in [1.54, 1.807) is 0 Å². The van der Waals surface area contributed by atoms with E-state index in [0.29, 0.717) is 11.1 Å². The largest absolute Gasteiger partial charge is 0.325 e. The molecule has 3 aromatic rings. The summed E-state index contributed by atoms with van der Waals surface area (Å²) in [6.45, 7) is 6.17. The van der Waals surface area contributed by atoms with Crippen LogP contribution in [0.4, 0.5) is 5.69 Å². The smallest absolute Gasteiger partial charge is 0.237 e. The Kier molecular flexibility index (Phi) is 5.96. The predicted molar refractivity (Wildman–Crippen MR) is 111 cm³/mol. The summed E-state index contributed by atoms with van der Waals surface area (Å²) in [7, 11) is 1.92. The first-order valence-electron chi connectivity index (χ1n) is 8.98. The maximum absolute atomic E-state index is 12.5. The summed E-state index contributed by atoms with van der Waals surface area (Å²) in [5.41, 5.74) is 3.06. The monoisotopic (exact) mass is 380 g/mol. The average Bonchev–Trinajstić information content (AvgIpc) is 3.03. The van der Waals surface area contributed by atoms with Gasteiger partial charge in [0.05, 0.1) is 5.25 Å². The lowest BCUT2D eigenvalue weighted by atomic mass is 10.0. The molecule has 0 saturated carbocycles. The number of nitrogens with one attached hydrogen (secondary N) is 1. The number of benzene rings is 2. The van der Waals surface area contributed by atoms with Gasteiger partial charge in [0.1, 0.15) is 0 Å². The summed E-state index contributed by atoms with van der Waals surface area (Å²) in [6, 6.07) is 17.9. The maximum Gasteiger partial charge on any atom is 0.237 e. The number of hydrogen-bond acceptors (Lipinski definition) is 4. The van der Waals surface area contributed by atoms with Crippen molar-refractivity contribution in [2.45, 2.75) is 37.1 Å². The number of rotatable bonds is 6. The second-order valence-corrected chi connectivity index (χ2v) is 8.07. The van der Waals surface area contributed by atoms with Crippen molar-refractivity contribution in [3.05, 3.63) is 60.2 Å². The van der Waals surface area contributed by atoms with Crippen LogP contribution in [0.5, 0.6) is 0 Å². The van der Waals surface area contributed by atoms with Crippen LogP contribution in [0.25, 0.3) is 11.4 Å². The highest BCUT2D eigenvalue weighted by Gasteiger charge is 2.19. The molecule has 1 aromatic heterocycles. The predicted octanol–water partition coefficient (Wildman–Crippen LogP) is 4.72. The van der Waals surface area contributed by atoms with Gasteiger partial charge in [-0.2, -0.15) is 0 Å². The van der Waals surface area contributed by atoms with Crippen LogP contribution in [-0.2, 0) is 11.8 Å². The van der Waals surface area contributed by atoms with E-state index in [1.807, 2.05) is 73.1 Å². The lowest BCUT2D eigenvalue weighted by Gasteiger charge is -2.12. The second kappa shape index (κ2) is 8.39. The number of carbonyl (C=O) groups excluding carboxylic acids is 1. The number of carbonyl (C=O) groups is 1. The fraction of sp³-hybridized carbons (Fsp3) is 0.286. The summed E-state index contributed by atoms with van der Waals surface area (Å²) in [6.07, 6.45) is 0. The van der Waals surface area contributed by atoms with E-state index in [9.17, 15) is 4.79 Å². The van der Waals surface area contributed by atoms with Gasteiger partial charge >= 0.3 is 0 Å². The molecule has 0 saturated heterocycles. The van der Waals surface area contributed by atoms with Gasteiger partial charge in [0.2, 0.25) is 5.91 Å². The highest BCUT2D eigenvalue weighted by Crippen LogP contribution is 2.26. The van der Waals surface area contributed by atoms with E-state index in [1.165, 1.54) is 17.3 Å². The van der Waals surface area contributed by atoms with Crippen LogP contribution in [0.3, 0.4) is 0 Å². The fourth-order valence-electron chi connectivity index (χ4n) is 2.66. The van der Waals surface area contributed by atoms with Crippen LogP contribution in [-0.4, -0.2) is 25.9 Å². The van der Waals surface area contributed by atoms with Crippen molar-refractivity contribution in [3.63, 3.8) is 0 Å². The van der Waals surface area contributed by atoms with Gasteiger partial charge in [-0.1, -0.05) is 68.1 Å². The molecule has 0 bridgehead atoms. The Balaban J connectivity index is 1.65. The molecule has 0 aliphatic heterocycles. The summed E-state index contributed by atoms with van der Waals surface area (Å²) in [5, 5.41) is 11.9. The standard InChI is InChI=1S/C21H24N4OS/c1-14(2)16-10-12-18(13-11-16)22-20(26)15(3)27-21-24-23-19(25(21)4)17-8-6-5-7-9-17/h5-15H,1-4H3,(H,22,26)/t15-/m0/s1. The number of amides is 1. The van der Waals surface area contributed by atoms with Gasteiger partial charge in [0, 0.05) is 18.3 Å². The molecular formula is C21H24N4OS. The van der Waals surface area contributed by atoms with Crippen molar-refractivity contribution in [2.75, 3.05) is 5.32 Å². The Hall–Kier alpha value is -2.60. The van der Waals surface area contributed by atoms with Crippen LogP contribution in [0, 0.1) is 0 Å². The zero-order chi connectivity index (χ0) is 19.4. The lowest BCUT2D eigenvalue weighted by molar-refractivity contribution is -0.115. The summed E-state index contributed by atoms with van der Waals surface area (Å²) in [4.78, 5) is 12.5. The molecule has 6 heteroatoms. The van der Waals surface area contributed by atoms with E-state index in [2.05, 4.69) is 29.4 Å². The first-order valence-corrected chi connectivity index (χ1v) is 9.86. The molecule has 3 rings (SSSR count). The molecule has 140 valence electrons. The molecule has 0 aliphatic rings. The molecule has 1 atom stereocenters. The Bertz CT molecular complexity index is 904. The number of anilines is 1. The van der Waals surface area contributed by atoms with Crippen LogP contribution < -0.4 is 5.32 Å². The van der Waals surface area contributed by atoms with Gasteiger partial charge in [0.15, 0.2) is 11.0 Å². The van der Waals surface area contributed by atoms with Gasteiger partial charge in [-0.3, -0.25) is 4.79 Å². The summed E-state index contributed by atoms with van der Waals surface area (Å²) < 4.78 is 1.92. The van der Waals surface area contributed by atoms with Crippen molar-refractivity contribution in [2.24, 2.45) is 7.05 Å².